The highest BCUT2D eigenvalue weighted by atomic mass is 16.6. The predicted octanol–water partition coefficient (Wildman–Crippen LogP) is 21.3. The minimum atomic E-state index is -0.767. The quantitative estimate of drug-likeness (QED) is 0.0261. The molecule has 0 fully saturated rings. The van der Waals surface area contributed by atoms with Crippen LogP contribution < -0.4 is 0 Å². The number of allylic oxidation sites excluding steroid dienone is 2. The van der Waals surface area contributed by atoms with Crippen molar-refractivity contribution in [1.29, 1.82) is 0 Å². The van der Waals surface area contributed by atoms with Gasteiger partial charge in [0.25, 0.3) is 0 Å². The molecule has 70 heavy (non-hydrogen) atoms. The lowest BCUT2D eigenvalue weighted by atomic mass is 10.0. The zero-order chi connectivity index (χ0) is 50.7. The van der Waals surface area contributed by atoms with Crippen LogP contribution in [0.2, 0.25) is 0 Å². The second-order valence-corrected chi connectivity index (χ2v) is 21.7. The van der Waals surface area contributed by atoms with Gasteiger partial charge in [0.2, 0.25) is 0 Å². The lowest BCUT2D eigenvalue weighted by Gasteiger charge is -2.18. The van der Waals surface area contributed by atoms with Crippen molar-refractivity contribution in [3.8, 4) is 0 Å². The van der Waals surface area contributed by atoms with Crippen molar-refractivity contribution < 1.29 is 28.6 Å². The molecule has 1 unspecified atom stereocenters. The fourth-order valence-electron chi connectivity index (χ4n) is 9.74. The van der Waals surface area contributed by atoms with Gasteiger partial charge >= 0.3 is 17.9 Å². The first-order valence-electron chi connectivity index (χ1n) is 31.7. The molecule has 0 amide bonds. The minimum Gasteiger partial charge on any atom is -0.462 e. The lowest BCUT2D eigenvalue weighted by Crippen LogP contribution is -2.30. The Balaban J connectivity index is 4.09. The maximum atomic E-state index is 12.8. The average Bonchev–Trinajstić information content (AvgIpc) is 3.36. The van der Waals surface area contributed by atoms with Gasteiger partial charge in [-0.2, -0.15) is 0 Å². The van der Waals surface area contributed by atoms with E-state index in [4.69, 9.17) is 14.2 Å². The predicted molar refractivity (Wildman–Crippen MR) is 303 cm³/mol. The molecule has 0 aliphatic rings. The third-order valence-electron chi connectivity index (χ3n) is 14.5. The minimum absolute atomic E-state index is 0.0665. The van der Waals surface area contributed by atoms with E-state index in [1.807, 2.05) is 0 Å². The van der Waals surface area contributed by atoms with Crippen molar-refractivity contribution in [3.63, 3.8) is 0 Å². The molecule has 0 saturated carbocycles. The van der Waals surface area contributed by atoms with Crippen LogP contribution in [0.1, 0.15) is 361 Å². The van der Waals surface area contributed by atoms with Crippen molar-refractivity contribution in [2.24, 2.45) is 0 Å². The van der Waals surface area contributed by atoms with E-state index in [1.54, 1.807) is 0 Å². The third kappa shape index (κ3) is 57.1. The van der Waals surface area contributed by atoms with Gasteiger partial charge in [-0.25, -0.2) is 0 Å². The molecule has 0 aromatic heterocycles. The summed E-state index contributed by atoms with van der Waals surface area (Å²) in [4.78, 5) is 38.1. The van der Waals surface area contributed by atoms with E-state index in [0.717, 1.165) is 70.6 Å². The van der Waals surface area contributed by atoms with Gasteiger partial charge in [-0.05, 0) is 38.5 Å². The van der Waals surface area contributed by atoms with E-state index in [9.17, 15) is 14.4 Å². The summed E-state index contributed by atoms with van der Waals surface area (Å²) in [7, 11) is 0. The highest BCUT2D eigenvalue weighted by Gasteiger charge is 2.19. The first kappa shape index (κ1) is 68.2. The Morgan fingerprint density at radius 2 is 0.500 bits per heavy atom. The summed E-state index contributed by atoms with van der Waals surface area (Å²) in [6.45, 7) is 6.64. The summed E-state index contributed by atoms with van der Waals surface area (Å²) in [6.07, 6.45) is 69.6. The van der Waals surface area contributed by atoms with E-state index < -0.39 is 6.10 Å². The molecule has 6 nitrogen and oxygen atoms in total. The fraction of sp³-hybridized carbons (Fsp3) is 0.922. The zero-order valence-electron chi connectivity index (χ0n) is 47.6. The molecule has 0 aromatic rings. The Morgan fingerprint density at radius 3 is 0.771 bits per heavy atom. The van der Waals surface area contributed by atoms with Gasteiger partial charge < -0.3 is 14.2 Å². The molecule has 0 spiro atoms. The summed E-state index contributed by atoms with van der Waals surface area (Å²) in [5.41, 5.74) is 0. The SMILES string of the molecule is CCC/C=C\CCCCCCCC(=O)OCC(COC(=O)CCCCCCCCCCCCCCCCCCCCCCCCCCCCC)OC(=O)CCCCCCCCCCCCCCCCC. The largest absolute Gasteiger partial charge is 0.462 e. The number of hydrogen-bond donors (Lipinski definition) is 0. The zero-order valence-corrected chi connectivity index (χ0v) is 47.6. The van der Waals surface area contributed by atoms with Crippen molar-refractivity contribution in [2.45, 2.75) is 367 Å². The molecule has 6 heteroatoms. The van der Waals surface area contributed by atoms with Crippen LogP contribution in [0.5, 0.6) is 0 Å². The molecule has 0 heterocycles. The molecule has 0 radical (unpaired) electrons. The van der Waals surface area contributed by atoms with Gasteiger partial charge in [0.1, 0.15) is 13.2 Å². The maximum absolute atomic E-state index is 12.8. The van der Waals surface area contributed by atoms with Crippen LogP contribution in [-0.4, -0.2) is 37.2 Å². The Morgan fingerprint density at radius 1 is 0.271 bits per heavy atom. The summed E-state index contributed by atoms with van der Waals surface area (Å²) in [6, 6.07) is 0. The fourth-order valence-corrected chi connectivity index (χ4v) is 9.74. The number of rotatable bonds is 59. The molecule has 0 aliphatic carbocycles. The van der Waals surface area contributed by atoms with Gasteiger partial charge in [-0.15, -0.1) is 0 Å². The molecular formula is C64H122O6. The van der Waals surface area contributed by atoms with E-state index in [-0.39, 0.29) is 31.1 Å². The van der Waals surface area contributed by atoms with Crippen LogP contribution >= 0.6 is 0 Å². The highest BCUT2D eigenvalue weighted by molar-refractivity contribution is 5.71. The van der Waals surface area contributed by atoms with E-state index >= 15 is 0 Å². The third-order valence-corrected chi connectivity index (χ3v) is 14.5. The van der Waals surface area contributed by atoms with Crippen LogP contribution in [0.25, 0.3) is 0 Å². The highest BCUT2D eigenvalue weighted by Crippen LogP contribution is 2.18. The van der Waals surface area contributed by atoms with Crippen LogP contribution in [-0.2, 0) is 28.6 Å². The van der Waals surface area contributed by atoms with Gasteiger partial charge in [0, 0.05) is 19.3 Å². The smallest absolute Gasteiger partial charge is 0.306 e. The molecule has 0 aliphatic heterocycles. The summed E-state index contributed by atoms with van der Waals surface area (Å²) >= 11 is 0. The van der Waals surface area contributed by atoms with Gasteiger partial charge in [0.15, 0.2) is 6.10 Å². The second kappa shape index (κ2) is 59.7. The van der Waals surface area contributed by atoms with Crippen LogP contribution in [0, 0.1) is 0 Å². The van der Waals surface area contributed by atoms with Crippen LogP contribution in [0.15, 0.2) is 12.2 Å². The van der Waals surface area contributed by atoms with E-state index in [2.05, 4.69) is 32.9 Å². The summed E-state index contributed by atoms with van der Waals surface area (Å²) < 4.78 is 16.9. The second-order valence-electron chi connectivity index (χ2n) is 21.7. The molecule has 1 atom stereocenters. The Bertz CT molecular complexity index is 1090. The van der Waals surface area contributed by atoms with E-state index in [1.165, 1.54) is 250 Å². The Hall–Kier alpha value is -1.85. The molecule has 0 bridgehead atoms. The first-order chi connectivity index (χ1) is 34.5. The van der Waals surface area contributed by atoms with Gasteiger partial charge in [-0.1, -0.05) is 315 Å². The van der Waals surface area contributed by atoms with Crippen molar-refractivity contribution in [1.82, 2.24) is 0 Å². The first-order valence-corrected chi connectivity index (χ1v) is 31.7. The number of carbonyl (C=O) groups is 3. The number of hydrogen-bond acceptors (Lipinski definition) is 6. The van der Waals surface area contributed by atoms with Crippen molar-refractivity contribution in [2.75, 3.05) is 13.2 Å². The number of ether oxygens (including phenoxy) is 3. The molecule has 0 saturated heterocycles. The standard InChI is InChI=1S/C64H122O6/c1-4-7-10-13-16-19-22-24-26-27-28-29-30-31-32-33-34-35-36-37-39-40-42-45-48-51-54-57-63(66)69-60-61(59-68-62(65)56-53-50-47-44-21-18-15-12-9-6-3)70-64(67)58-55-52-49-46-43-41-38-25-23-20-17-14-11-8-5-2/h12,15,61H,4-11,13-14,16-60H2,1-3H3/b15-12-. The van der Waals surface area contributed by atoms with Gasteiger partial charge in [0.05, 0.1) is 0 Å². The van der Waals surface area contributed by atoms with Crippen LogP contribution in [0.3, 0.4) is 0 Å². The summed E-state index contributed by atoms with van der Waals surface area (Å²) in [5, 5.41) is 0. The number of esters is 3. The molecule has 0 N–H and O–H groups in total. The maximum Gasteiger partial charge on any atom is 0.306 e. The molecule has 414 valence electrons. The topological polar surface area (TPSA) is 78.9 Å². The average molecular weight is 988 g/mol. The lowest BCUT2D eigenvalue weighted by molar-refractivity contribution is -0.167. The van der Waals surface area contributed by atoms with Crippen molar-refractivity contribution >= 4 is 17.9 Å². The summed E-state index contributed by atoms with van der Waals surface area (Å²) in [5.74, 6) is -0.852. The van der Waals surface area contributed by atoms with Crippen LogP contribution in [0.4, 0.5) is 0 Å². The molecule has 0 rings (SSSR count). The Kier molecular flexibility index (Phi) is 58.1. The number of unbranched alkanes of at least 4 members (excludes halogenated alkanes) is 46. The number of carbonyl (C=O) groups excluding carboxylic acids is 3. The monoisotopic (exact) mass is 987 g/mol. The van der Waals surface area contributed by atoms with Gasteiger partial charge in [-0.3, -0.25) is 14.4 Å². The van der Waals surface area contributed by atoms with Crippen molar-refractivity contribution in [3.05, 3.63) is 12.2 Å². The Labute approximate surface area is 437 Å². The molecule has 0 aromatic carbocycles. The molecular weight excluding hydrogens is 865 g/mol. The van der Waals surface area contributed by atoms with E-state index in [0.29, 0.717) is 19.3 Å². The normalized spacial score (nSPS) is 12.0.